The minimum absolute atomic E-state index is 0.0813. The average molecular weight is 358 g/mol. The number of carbonyl (C=O) groups is 2. The van der Waals surface area contributed by atoms with Crippen LogP contribution in [0.15, 0.2) is 12.1 Å². The predicted octanol–water partition coefficient (Wildman–Crippen LogP) is 2.11. The van der Waals surface area contributed by atoms with Gasteiger partial charge in [0.05, 0.1) is 5.56 Å². The molecule has 0 spiro atoms. The summed E-state index contributed by atoms with van der Waals surface area (Å²) < 4.78 is 44.9. The quantitative estimate of drug-likeness (QED) is 0.626. The van der Waals surface area contributed by atoms with Gasteiger partial charge in [-0.1, -0.05) is 0 Å². The van der Waals surface area contributed by atoms with E-state index >= 15 is 0 Å². The SMILES string of the molecule is COCCCNC(=O)C1CCN(C(=O)c2ccc(F)c(F)c2F)CC1. The number of amides is 2. The fourth-order valence-electron chi connectivity index (χ4n) is 2.78. The van der Waals surface area contributed by atoms with Crippen LogP contribution in [0.3, 0.4) is 0 Å². The van der Waals surface area contributed by atoms with Gasteiger partial charge in [0.2, 0.25) is 5.91 Å². The molecule has 0 aromatic heterocycles. The minimum Gasteiger partial charge on any atom is -0.385 e. The molecule has 0 saturated carbocycles. The van der Waals surface area contributed by atoms with Crippen LogP contribution < -0.4 is 5.32 Å². The Kier molecular flexibility index (Phi) is 6.81. The van der Waals surface area contributed by atoms with E-state index in [-0.39, 0.29) is 24.9 Å². The first-order valence-electron chi connectivity index (χ1n) is 8.15. The molecule has 138 valence electrons. The molecule has 2 amide bonds. The second-order valence-corrected chi connectivity index (χ2v) is 5.93. The lowest BCUT2D eigenvalue weighted by atomic mass is 9.95. The van der Waals surface area contributed by atoms with E-state index < -0.39 is 28.9 Å². The first kappa shape index (κ1) is 19.2. The highest BCUT2D eigenvalue weighted by Gasteiger charge is 2.29. The van der Waals surface area contributed by atoms with Gasteiger partial charge in [-0.15, -0.1) is 0 Å². The summed E-state index contributed by atoms with van der Waals surface area (Å²) in [4.78, 5) is 25.7. The molecule has 2 rings (SSSR count). The summed E-state index contributed by atoms with van der Waals surface area (Å²) in [5.41, 5.74) is -0.499. The van der Waals surface area contributed by atoms with E-state index in [2.05, 4.69) is 5.32 Å². The van der Waals surface area contributed by atoms with Gasteiger partial charge >= 0.3 is 0 Å². The van der Waals surface area contributed by atoms with Gasteiger partial charge in [-0.2, -0.15) is 0 Å². The van der Waals surface area contributed by atoms with Crippen molar-refractivity contribution in [1.82, 2.24) is 10.2 Å². The molecular formula is C17H21F3N2O3. The Labute approximate surface area is 144 Å². The van der Waals surface area contributed by atoms with Crippen LogP contribution in [0.2, 0.25) is 0 Å². The molecule has 1 saturated heterocycles. The van der Waals surface area contributed by atoms with Gasteiger partial charge in [-0.05, 0) is 31.4 Å². The molecule has 0 bridgehead atoms. The van der Waals surface area contributed by atoms with E-state index in [4.69, 9.17) is 4.74 Å². The third-order valence-corrected chi connectivity index (χ3v) is 4.24. The van der Waals surface area contributed by atoms with Crippen LogP contribution in [0.4, 0.5) is 13.2 Å². The summed E-state index contributed by atoms with van der Waals surface area (Å²) in [6.07, 6.45) is 1.59. The molecule has 1 aromatic rings. The number of hydrogen-bond donors (Lipinski definition) is 1. The number of halogens is 3. The zero-order chi connectivity index (χ0) is 18.4. The maximum Gasteiger partial charge on any atom is 0.256 e. The first-order valence-corrected chi connectivity index (χ1v) is 8.15. The first-order chi connectivity index (χ1) is 12.0. The van der Waals surface area contributed by atoms with Crippen molar-refractivity contribution >= 4 is 11.8 Å². The summed E-state index contributed by atoms with van der Waals surface area (Å²) in [5, 5.41) is 2.81. The zero-order valence-electron chi connectivity index (χ0n) is 14.0. The van der Waals surface area contributed by atoms with E-state index in [0.717, 1.165) is 18.6 Å². The Morgan fingerprint density at radius 3 is 2.52 bits per heavy atom. The van der Waals surface area contributed by atoms with Gasteiger partial charge in [0.1, 0.15) is 0 Å². The lowest BCUT2D eigenvalue weighted by molar-refractivity contribution is -0.126. The Balaban J connectivity index is 1.88. The van der Waals surface area contributed by atoms with Crippen LogP contribution in [-0.4, -0.2) is 50.1 Å². The molecule has 0 atom stereocenters. The molecular weight excluding hydrogens is 337 g/mol. The highest BCUT2D eigenvalue weighted by Crippen LogP contribution is 2.22. The van der Waals surface area contributed by atoms with Crippen LogP contribution in [0.25, 0.3) is 0 Å². The molecule has 1 aromatic carbocycles. The summed E-state index contributed by atoms with van der Waals surface area (Å²) >= 11 is 0. The average Bonchev–Trinajstić information content (AvgIpc) is 2.63. The number of nitrogens with one attached hydrogen (secondary N) is 1. The van der Waals surface area contributed by atoms with Crippen LogP contribution in [0, 0.1) is 23.4 Å². The number of rotatable bonds is 6. The Morgan fingerprint density at radius 2 is 1.88 bits per heavy atom. The second-order valence-electron chi connectivity index (χ2n) is 5.93. The van der Waals surface area contributed by atoms with Gasteiger partial charge in [0, 0.05) is 39.3 Å². The number of hydrogen-bond acceptors (Lipinski definition) is 3. The van der Waals surface area contributed by atoms with Crippen molar-refractivity contribution in [1.29, 1.82) is 0 Å². The van der Waals surface area contributed by atoms with Gasteiger partial charge < -0.3 is 15.0 Å². The van der Waals surface area contributed by atoms with Crippen LogP contribution in [0.1, 0.15) is 29.6 Å². The van der Waals surface area contributed by atoms with Crippen molar-refractivity contribution in [2.75, 3.05) is 33.4 Å². The number of ether oxygens (including phenoxy) is 1. The molecule has 1 aliphatic heterocycles. The van der Waals surface area contributed by atoms with Crippen molar-refractivity contribution < 1.29 is 27.5 Å². The third kappa shape index (κ3) is 4.72. The largest absolute Gasteiger partial charge is 0.385 e. The van der Waals surface area contributed by atoms with E-state index in [1.54, 1.807) is 7.11 Å². The summed E-state index contributed by atoms with van der Waals surface area (Å²) in [6.45, 7) is 1.60. The van der Waals surface area contributed by atoms with Crippen LogP contribution in [-0.2, 0) is 9.53 Å². The number of carbonyl (C=O) groups excluding carboxylic acids is 2. The number of benzene rings is 1. The van der Waals surface area contributed by atoms with Crippen molar-refractivity contribution in [3.05, 3.63) is 35.1 Å². The molecule has 0 radical (unpaired) electrons. The number of methoxy groups -OCH3 is 1. The minimum atomic E-state index is -1.66. The van der Waals surface area contributed by atoms with Crippen molar-refractivity contribution in [3.63, 3.8) is 0 Å². The van der Waals surface area contributed by atoms with E-state index in [1.165, 1.54) is 4.90 Å². The molecule has 1 aliphatic rings. The summed E-state index contributed by atoms with van der Waals surface area (Å²) in [6, 6.07) is 1.66. The molecule has 8 heteroatoms. The molecule has 5 nitrogen and oxygen atoms in total. The van der Waals surface area contributed by atoms with Gasteiger partial charge in [0.25, 0.3) is 5.91 Å². The van der Waals surface area contributed by atoms with Gasteiger partial charge in [-0.3, -0.25) is 9.59 Å². The summed E-state index contributed by atoms with van der Waals surface area (Å²) in [5.74, 6) is -5.48. The molecule has 25 heavy (non-hydrogen) atoms. The molecule has 1 fully saturated rings. The molecule has 0 aliphatic carbocycles. The van der Waals surface area contributed by atoms with E-state index in [0.29, 0.717) is 26.0 Å². The standard InChI is InChI=1S/C17H21F3N2O3/c1-25-10-2-7-21-16(23)11-5-8-22(9-6-11)17(24)12-3-4-13(18)15(20)14(12)19/h3-4,11H,2,5-10H2,1H3,(H,21,23). The molecule has 1 heterocycles. The molecule has 0 unspecified atom stereocenters. The highest BCUT2D eigenvalue weighted by molar-refractivity contribution is 5.94. The Morgan fingerprint density at radius 1 is 1.20 bits per heavy atom. The predicted molar refractivity (Wildman–Crippen MR) is 84.4 cm³/mol. The van der Waals surface area contributed by atoms with Crippen molar-refractivity contribution in [2.45, 2.75) is 19.3 Å². The smallest absolute Gasteiger partial charge is 0.256 e. The zero-order valence-corrected chi connectivity index (χ0v) is 14.0. The fourth-order valence-corrected chi connectivity index (χ4v) is 2.78. The van der Waals surface area contributed by atoms with Crippen molar-refractivity contribution in [3.8, 4) is 0 Å². The van der Waals surface area contributed by atoms with E-state index in [1.807, 2.05) is 0 Å². The number of nitrogens with zero attached hydrogens (tertiary/aromatic N) is 1. The summed E-state index contributed by atoms with van der Waals surface area (Å²) in [7, 11) is 1.59. The second kappa shape index (κ2) is 8.84. The lowest BCUT2D eigenvalue weighted by Gasteiger charge is -2.31. The van der Waals surface area contributed by atoms with Crippen LogP contribution >= 0.6 is 0 Å². The fraction of sp³-hybridized carbons (Fsp3) is 0.529. The maximum absolute atomic E-state index is 13.7. The Bertz CT molecular complexity index is 632. The Hall–Kier alpha value is -2.09. The third-order valence-electron chi connectivity index (χ3n) is 4.24. The van der Waals surface area contributed by atoms with E-state index in [9.17, 15) is 22.8 Å². The topological polar surface area (TPSA) is 58.6 Å². The van der Waals surface area contributed by atoms with Gasteiger partial charge in [-0.25, -0.2) is 13.2 Å². The molecule has 1 N–H and O–H groups in total. The number of likely N-dealkylation sites (tertiary alicyclic amines) is 1. The maximum atomic E-state index is 13.7. The number of piperidine rings is 1. The highest BCUT2D eigenvalue weighted by atomic mass is 19.2. The normalized spacial score (nSPS) is 15.3. The van der Waals surface area contributed by atoms with Crippen molar-refractivity contribution in [2.24, 2.45) is 5.92 Å². The monoisotopic (exact) mass is 358 g/mol. The lowest BCUT2D eigenvalue weighted by Crippen LogP contribution is -2.43. The van der Waals surface area contributed by atoms with Gasteiger partial charge in [0.15, 0.2) is 17.5 Å². The van der Waals surface area contributed by atoms with Crippen LogP contribution in [0.5, 0.6) is 0 Å².